The fourth-order valence-corrected chi connectivity index (χ4v) is 3.22. The summed E-state index contributed by atoms with van der Waals surface area (Å²) in [5, 5.41) is 2.95. The number of carbonyl (C=O) groups excluding carboxylic acids is 2. The lowest BCUT2D eigenvalue weighted by Crippen LogP contribution is -2.49. The Morgan fingerprint density at radius 2 is 1.64 bits per heavy atom. The third-order valence-corrected chi connectivity index (χ3v) is 4.88. The fraction of sp³-hybridized carbons (Fsp3) is 0.417. The van der Waals surface area contributed by atoms with Crippen LogP contribution in [0.5, 0.6) is 0 Å². The molecule has 2 aromatic rings. The molecule has 0 heterocycles. The number of amides is 2. The highest BCUT2D eigenvalue weighted by molar-refractivity contribution is 5.87. The largest absolute Gasteiger partial charge is 0.354 e. The molecule has 0 saturated heterocycles. The van der Waals surface area contributed by atoms with Crippen LogP contribution < -0.4 is 5.32 Å². The lowest BCUT2D eigenvalue weighted by Gasteiger charge is -2.30. The van der Waals surface area contributed by atoms with E-state index in [1.54, 1.807) is 4.90 Å². The van der Waals surface area contributed by atoms with Crippen LogP contribution in [0.4, 0.5) is 0 Å². The van der Waals surface area contributed by atoms with E-state index in [1.165, 1.54) is 5.56 Å². The zero-order chi connectivity index (χ0) is 20.4. The van der Waals surface area contributed by atoms with E-state index >= 15 is 0 Å². The Balaban J connectivity index is 2.14. The molecule has 1 N–H and O–H groups in total. The molecule has 0 aliphatic rings. The first-order chi connectivity index (χ1) is 13.5. The molecule has 0 aliphatic heterocycles. The topological polar surface area (TPSA) is 49.4 Å². The van der Waals surface area contributed by atoms with Crippen LogP contribution in [0.25, 0.3) is 0 Å². The molecule has 150 valence electrons. The van der Waals surface area contributed by atoms with Gasteiger partial charge in [0.15, 0.2) is 0 Å². The molecule has 0 aliphatic carbocycles. The number of hydrogen-bond donors (Lipinski definition) is 1. The van der Waals surface area contributed by atoms with Crippen LogP contribution in [-0.2, 0) is 22.6 Å². The molecule has 2 rings (SSSR count). The molecule has 0 aromatic heterocycles. The van der Waals surface area contributed by atoms with Gasteiger partial charge in [-0.3, -0.25) is 9.59 Å². The van der Waals surface area contributed by atoms with Crippen molar-refractivity contribution in [1.29, 1.82) is 0 Å². The van der Waals surface area contributed by atoms with E-state index in [0.717, 1.165) is 17.5 Å². The van der Waals surface area contributed by atoms with Crippen molar-refractivity contribution in [3.05, 3.63) is 71.3 Å². The third kappa shape index (κ3) is 6.52. The zero-order valence-corrected chi connectivity index (χ0v) is 17.3. The minimum Gasteiger partial charge on any atom is -0.354 e. The first kappa shape index (κ1) is 21.7. The molecule has 0 fully saturated rings. The molecule has 2 amide bonds. The van der Waals surface area contributed by atoms with E-state index in [-0.39, 0.29) is 11.8 Å². The normalized spacial score (nSPS) is 11.7. The lowest BCUT2D eigenvalue weighted by molar-refractivity contribution is -0.141. The number of aryl methyl sites for hydroxylation is 2. The summed E-state index contributed by atoms with van der Waals surface area (Å²) in [4.78, 5) is 27.5. The van der Waals surface area contributed by atoms with Crippen molar-refractivity contribution in [2.75, 3.05) is 6.54 Å². The summed E-state index contributed by atoms with van der Waals surface area (Å²) in [6.07, 6.45) is 2.55. The fourth-order valence-electron chi connectivity index (χ4n) is 3.22. The summed E-state index contributed by atoms with van der Waals surface area (Å²) >= 11 is 0. The van der Waals surface area contributed by atoms with Crippen LogP contribution in [0.15, 0.2) is 54.6 Å². The van der Waals surface area contributed by atoms with Crippen LogP contribution in [0, 0.1) is 6.92 Å². The average Bonchev–Trinajstić information content (AvgIpc) is 2.72. The second-order valence-electron chi connectivity index (χ2n) is 7.21. The van der Waals surface area contributed by atoms with Gasteiger partial charge in [-0.2, -0.15) is 0 Å². The van der Waals surface area contributed by atoms with Gasteiger partial charge in [0.25, 0.3) is 0 Å². The molecular formula is C24H32N2O2. The van der Waals surface area contributed by atoms with Crippen LogP contribution in [0.1, 0.15) is 49.8 Å². The molecule has 0 bridgehead atoms. The SMILES string of the molecule is CCCNC(=O)[C@@H](CC)N(Cc1ccccc1)C(=O)CCc1ccc(C)cc1. The van der Waals surface area contributed by atoms with E-state index < -0.39 is 6.04 Å². The second-order valence-corrected chi connectivity index (χ2v) is 7.21. The predicted molar refractivity (Wildman–Crippen MR) is 114 cm³/mol. The Morgan fingerprint density at radius 3 is 2.25 bits per heavy atom. The van der Waals surface area contributed by atoms with E-state index in [0.29, 0.717) is 32.4 Å². The molecular weight excluding hydrogens is 348 g/mol. The van der Waals surface area contributed by atoms with Gasteiger partial charge in [0.2, 0.25) is 11.8 Å². The number of nitrogens with zero attached hydrogens (tertiary/aromatic N) is 1. The van der Waals surface area contributed by atoms with Crippen molar-refractivity contribution in [2.24, 2.45) is 0 Å². The quantitative estimate of drug-likeness (QED) is 0.669. The lowest BCUT2D eigenvalue weighted by atomic mass is 10.1. The van der Waals surface area contributed by atoms with Crippen LogP contribution in [-0.4, -0.2) is 29.3 Å². The van der Waals surface area contributed by atoms with Gasteiger partial charge in [-0.15, -0.1) is 0 Å². The highest BCUT2D eigenvalue weighted by Gasteiger charge is 2.28. The van der Waals surface area contributed by atoms with Crippen molar-refractivity contribution in [1.82, 2.24) is 10.2 Å². The van der Waals surface area contributed by atoms with Crippen LogP contribution in [0.3, 0.4) is 0 Å². The number of rotatable bonds is 10. The monoisotopic (exact) mass is 380 g/mol. The van der Waals surface area contributed by atoms with Crippen molar-refractivity contribution in [3.8, 4) is 0 Å². The van der Waals surface area contributed by atoms with Gasteiger partial charge < -0.3 is 10.2 Å². The number of benzene rings is 2. The van der Waals surface area contributed by atoms with Gasteiger partial charge in [-0.1, -0.05) is 74.0 Å². The molecule has 2 aromatic carbocycles. The minimum absolute atomic E-state index is 0.0166. The summed E-state index contributed by atoms with van der Waals surface area (Å²) in [6.45, 7) is 7.12. The average molecular weight is 381 g/mol. The van der Waals surface area contributed by atoms with Gasteiger partial charge in [0, 0.05) is 19.5 Å². The van der Waals surface area contributed by atoms with Gasteiger partial charge in [0.1, 0.15) is 6.04 Å². The van der Waals surface area contributed by atoms with E-state index in [4.69, 9.17) is 0 Å². The Bertz CT molecular complexity index is 741. The number of hydrogen-bond acceptors (Lipinski definition) is 2. The summed E-state index contributed by atoms with van der Waals surface area (Å²) in [5.41, 5.74) is 3.38. The van der Waals surface area contributed by atoms with E-state index in [1.807, 2.05) is 44.2 Å². The molecule has 4 nitrogen and oxygen atoms in total. The maximum atomic E-state index is 13.1. The first-order valence-corrected chi connectivity index (χ1v) is 10.2. The predicted octanol–water partition coefficient (Wildman–Crippen LogP) is 4.26. The minimum atomic E-state index is -0.447. The maximum Gasteiger partial charge on any atom is 0.242 e. The summed E-state index contributed by atoms with van der Waals surface area (Å²) in [5.74, 6) is -0.0492. The Morgan fingerprint density at radius 1 is 0.964 bits per heavy atom. The Labute approximate surface area is 169 Å². The Hall–Kier alpha value is -2.62. The summed E-state index contributed by atoms with van der Waals surface area (Å²) < 4.78 is 0. The highest BCUT2D eigenvalue weighted by Crippen LogP contribution is 2.15. The van der Waals surface area contributed by atoms with Gasteiger partial charge in [-0.25, -0.2) is 0 Å². The standard InChI is InChI=1S/C24H32N2O2/c1-4-17-25-24(28)22(5-2)26(18-21-9-7-6-8-10-21)23(27)16-15-20-13-11-19(3)12-14-20/h6-14,22H,4-5,15-18H2,1-3H3,(H,25,28)/t22-/m1/s1. The highest BCUT2D eigenvalue weighted by atomic mass is 16.2. The number of nitrogens with one attached hydrogen (secondary N) is 1. The van der Waals surface area contributed by atoms with Crippen molar-refractivity contribution in [3.63, 3.8) is 0 Å². The molecule has 0 saturated carbocycles. The summed E-state index contributed by atoms with van der Waals surface area (Å²) in [6, 6.07) is 17.7. The van der Waals surface area contributed by atoms with E-state index in [9.17, 15) is 9.59 Å². The van der Waals surface area contributed by atoms with Gasteiger partial charge in [0.05, 0.1) is 0 Å². The molecule has 4 heteroatoms. The van der Waals surface area contributed by atoms with Gasteiger partial charge >= 0.3 is 0 Å². The third-order valence-electron chi connectivity index (χ3n) is 4.88. The molecule has 0 radical (unpaired) electrons. The van der Waals surface area contributed by atoms with Gasteiger partial charge in [-0.05, 0) is 37.3 Å². The van der Waals surface area contributed by atoms with Crippen molar-refractivity contribution >= 4 is 11.8 Å². The van der Waals surface area contributed by atoms with Crippen molar-refractivity contribution in [2.45, 2.75) is 59.0 Å². The molecule has 1 atom stereocenters. The second kappa shape index (κ2) is 11.3. The maximum absolute atomic E-state index is 13.1. The smallest absolute Gasteiger partial charge is 0.242 e. The molecule has 0 unspecified atom stereocenters. The molecule has 28 heavy (non-hydrogen) atoms. The molecule has 0 spiro atoms. The van der Waals surface area contributed by atoms with Crippen LogP contribution in [0.2, 0.25) is 0 Å². The summed E-state index contributed by atoms with van der Waals surface area (Å²) in [7, 11) is 0. The van der Waals surface area contributed by atoms with Crippen LogP contribution >= 0.6 is 0 Å². The first-order valence-electron chi connectivity index (χ1n) is 10.2. The van der Waals surface area contributed by atoms with E-state index in [2.05, 4.69) is 36.5 Å². The Kier molecular flexibility index (Phi) is 8.73. The zero-order valence-electron chi connectivity index (χ0n) is 17.3. The van der Waals surface area contributed by atoms with Crippen molar-refractivity contribution < 1.29 is 9.59 Å². The number of carbonyl (C=O) groups is 2.